The van der Waals surface area contributed by atoms with Crippen LogP contribution < -0.4 is 10.5 Å². The van der Waals surface area contributed by atoms with Crippen LogP contribution in [-0.2, 0) is 0 Å². The predicted molar refractivity (Wildman–Crippen MR) is 67.9 cm³/mol. The molecular weight excluding hydrogens is 214 g/mol. The second-order valence-electron chi connectivity index (χ2n) is 4.89. The van der Waals surface area contributed by atoms with Gasteiger partial charge in [0.2, 0.25) is 0 Å². The molecule has 3 nitrogen and oxygen atoms in total. The highest BCUT2D eigenvalue weighted by Crippen LogP contribution is 2.40. The van der Waals surface area contributed by atoms with Crippen LogP contribution in [0.1, 0.15) is 25.7 Å². The largest absolute Gasteiger partial charge is 0.494 e. The Morgan fingerprint density at radius 1 is 1.35 bits per heavy atom. The fraction of sp³-hybridized carbons (Fsp3) is 0.571. The number of ether oxygens (including phenoxy) is 1. The maximum absolute atomic E-state index is 10.0. The summed E-state index contributed by atoms with van der Waals surface area (Å²) in [5.41, 5.74) is 5.71. The average Bonchev–Trinajstić information content (AvgIpc) is 2.73. The SMILES string of the molecule is NCC1(CCOc2ccccc2)CCCC1O. The summed E-state index contributed by atoms with van der Waals surface area (Å²) in [5, 5.41) is 10.0. The van der Waals surface area contributed by atoms with Gasteiger partial charge in [-0.1, -0.05) is 24.6 Å². The minimum atomic E-state index is -0.258. The Morgan fingerprint density at radius 2 is 2.12 bits per heavy atom. The van der Waals surface area contributed by atoms with Crippen LogP contribution in [0.25, 0.3) is 0 Å². The number of rotatable bonds is 5. The molecule has 1 saturated carbocycles. The minimum Gasteiger partial charge on any atom is -0.494 e. The van der Waals surface area contributed by atoms with Crippen molar-refractivity contribution in [3.05, 3.63) is 30.3 Å². The zero-order chi connectivity index (χ0) is 12.1. The molecule has 1 aromatic carbocycles. The molecule has 2 atom stereocenters. The molecule has 0 saturated heterocycles. The predicted octanol–water partition coefficient (Wildman–Crippen LogP) is 1.95. The van der Waals surface area contributed by atoms with Crippen LogP contribution in [0.4, 0.5) is 0 Å². The summed E-state index contributed by atoms with van der Waals surface area (Å²) in [6.45, 7) is 1.17. The number of aliphatic hydroxyl groups excluding tert-OH is 1. The molecule has 1 aliphatic carbocycles. The fourth-order valence-corrected chi connectivity index (χ4v) is 2.64. The molecule has 0 bridgehead atoms. The van der Waals surface area contributed by atoms with Gasteiger partial charge in [0.05, 0.1) is 12.7 Å². The molecule has 94 valence electrons. The number of hydrogen-bond donors (Lipinski definition) is 2. The quantitative estimate of drug-likeness (QED) is 0.820. The molecule has 0 aromatic heterocycles. The molecule has 3 N–H and O–H groups in total. The Kier molecular flexibility index (Phi) is 4.02. The summed E-state index contributed by atoms with van der Waals surface area (Å²) < 4.78 is 5.68. The molecule has 2 rings (SSSR count). The van der Waals surface area contributed by atoms with E-state index in [1.807, 2.05) is 30.3 Å². The number of para-hydroxylation sites is 1. The Labute approximate surface area is 103 Å². The number of benzene rings is 1. The lowest BCUT2D eigenvalue weighted by molar-refractivity contribution is 0.0413. The first-order chi connectivity index (χ1) is 8.27. The van der Waals surface area contributed by atoms with Gasteiger partial charge in [-0.3, -0.25) is 0 Å². The van der Waals surface area contributed by atoms with Crippen molar-refractivity contribution in [2.75, 3.05) is 13.2 Å². The summed E-state index contributed by atoms with van der Waals surface area (Å²) in [5.74, 6) is 0.882. The Balaban J connectivity index is 1.85. The maximum atomic E-state index is 10.0. The van der Waals surface area contributed by atoms with Crippen molar-refractivity contribution in [1.82, 2.24) is 0 Å². The molecule has 0 heterocycles. The molecule has 17 heavy (non-hydrogen) atoms. The van der Waals surface area contributed by atoms with Gasteiger partial charge < -0.3 is 15.6 Å². The monoisotopic (exact) mass is 235 g/mol. The summed E-state index contributed by atoms with van der Waals surface area (Å²) in [6.07, 6.45) is 3.54. The second kappa shape index (κ2) is 5.52. The summed E-state index contributed by atoms with van der Waals surface area (Å²) in [4.78, 5) is 0. The zero-order valence-corrected chi connectivity index (χ0v) is 10.1. The molecular formula is C14H21NO2. The van der Waals surface area contributed by atoms with Gasteiger partial charge in [-0.15, -0.1) is 0 Å². The highest BCUT2D eigenvalue weighted by Gasteiger charge is 2.40. The normalized spacial score (nSPS) is 28.2. The van der Waals surface area contributed by atoms with Crippen molar-refractivity contribution in [3.63, 3.8) is 0 Å². The molecule has 0 spiro atoms. The molecule has 1 aromatic rings. The molecule has 3 heteroatoms. The van der Waals surface area contributed by atoms with Gasteiger partial charge in [0.25, 0.3) is 0 Å². The molecule has 0 amide bonds. The minimum absolute atomic E-state index is 0.116. The third-order valence-electron chi connectivity index (χ3n) is 3.88. The van der Waals surface area contributed by atoms with E-state index in [-0.39, 0.29) is 11.5 Å². The first kappa shape index (κ1) is 12.4. The summed E-state index contributed by atoms with van der Waals surface area (Å²) in [7, 11) is 0. The van der Waals surface area contributed by atoms with Gasteiger partial charge in [-0.05, 0) is 31.4 Å². The van der Waals surface area contributed by atoms with Crippen molar-refractivity contribution >= 4 is 0 Å². The van der Waals surface area contributed by atoms with Crippen molar-refractivity contribution < 1.29 is 9.84 Å². The van der Waals surface area contributed by atoms with Crippen molar-refractivity contribution in [2.24, 2.45) is 11.1 Å². The lowest BCUT2D eigenvalue weighted by atomic mass is 9.81. The first-order valence-corrected chi connectivity index (χ1v) is 6.33. The van der Waals surface area contributed by atoms with Crippen LogP contribution >= 0.6 is 0 Å². The first-order valence-electron chi connectivity index (χ1n) is 6.33. The summed E-state index contributed by atoms with van der Waals surface area (Å²) in [6, 6.07) is 9.77. The van der Waals surface area contributed by atoms with Crippen LogP contribution in [-0.4, -0.2) is 24.4 Å². The molecule has 1 aliphatic rings. The van der Waals surface area contributed by atoms with Crippen LogP contribution in [0, 0.1) is 5.41 Å². The lowest BCUT2D eigenvalue weighted by Gasteiger charge is -2.31. The van der Waals surface area contributed by atoms with E-state index in [1.165, 1.54) is 0 Å². The molecule has 2 unspecified atom stereocenters. The van der Waals surface area contributed by atoms with E-state index in [4.69, 9.17) is 10.5 Å². The lowest BCUT2D eigenvalue weighted by Crippen LogP contribution is -2.38. The van der Waals surface area contributed by atoms with Crippen LogP contribution in [0.2, 0.25) is 0 Å². The Hall–Kier alpha value is -1.06. The van der Waals surface area contributed by atoms with Gasteiger partial charge in [0, 0.05) is 12.0 Å². The van der Waals surface area contributed by atoms with E-state index in [9.17, 15) is 5.11 Å². The highest BCUT2D eigenvalue weighted by atomic mass is 16.5. The standard InChI is InChI=1S/C14H21NO2/c15-11-14(8-4-7-13(14)16)9-10-17-12-5-2-1-3-6-12/h1-3,5-6,13,16H,4,7-11,15H2. The van der Waals surface area contributed by atoms with Crippen LogP contribution in [0.5, 0.6) is 5.75 Å². The van der Waals surface area contributed by atoms with E-state index < -0.39 is 0 Å². The number of hydrogen-bond acceptors (Lipinski definition) is 3. The zero-order valence-electron chi connectivity index (χ0n) is 10.1. The fourth-order valence-electron chi connectivity index (χ4n) is 2.64. The van der Waals surface area contributed by atoms with E-state index in [2.05, 4.69) is 0 Å². The number of nitrogens with two attached hydrogens (primary N) is 1. The third-order valence-corrected chi connectivity index (χ3v) is 3.88. The molecule has 1 fully saturated rings. The van der Waals surface area contributed by atoms with Crippen molar-refractivity contribution in [3.8, 4) is 5.75 Å². The van der Waals surface area contributed by atoms with Gasteiger partial charge in [0.1, 0.15) is 5.75 Å². The van der Waals surface area contributed by atoms with E-state index in [0.29, 0.717) is 13.2 Å². The van der Waals surface area contributed by atoms with Crippen molar-refractivity contribution in [2.45, 2.75) is 31.8 Å². The van der Waals surface area contributed by atoms with E-state index in [0.717, 1.165) is 31.4 Å². The van der Waals surface area contributed by atoms with Crippen LogP contribution in [0.3, 0.4) is 0 Å². The van der Waals surface area contributed by atoms with Gasteiger partial charge in [-0.2, -0.15) is 0 Å². The topological polar surface area (TPSA) is 55.5 Å². The third kappa shape index (κ3) is 2.79. The Bertz CT molecular complexity index is 341. The molecule has 0 aliphatic heterocycles. The second-order valence-corrected chi connectivity index (χ2v) is 4.89. The van der Waals surface area contributed by atoms with E-state index >= 15 is 0 Å². The molecule has 0 radical (unpaired) electrons. The van der Waals surface area contributed by atoms with Gasteiger partial charge in [-0.25, -0.2) is 0 Å². The van der Waals surface area contributed by atoms with Gasteiger partial charge in [0.15, 0.2) is 0 Å². The highest BCUT2D eigenvalue weighted by molar-refractivity contribution is 5.20. The van der Waals surface area contributed by atoms with Crippen LogP contribution in [0.15, 0.2) is 30.3 Å². The van der Waals surface area contributed by atoms with Gasteiger partial charge >= 0.3 is 0 Å². The number of aliphatic hydroxyl groups is 1. The van der Waals surface area contributed by atoms with E-state index in [1.54, 1.807) is 0 Å². The summed E-state index contributed by atoms with van der Waals surface area (Å²) >= 11 is 0. The maximum Gasteiger partial charge on any atom is 0.119 e. The van der Waals surface area contributed by atoms with Crippen molar-refractivity contribution in [1.29, 1.82) is 0 Å². The smallest absolute Gasteiger partial charge is 0.119 e. The Morgan fingerprint density at radius 3 is 2.71 bits per heavy atom. The average molecular weight is 235 g/mol.